The van der Waals surface area contributed by atoms with Gasteiger partial charge >= 0.3 is 0 Å². The highest BCUT2D eigenvalue weighted by atomic mass is 16.1. The topological polar surface area (TPSA) is 41.1 Å². The maximum Gasteiger partial charge on any atom is 0.251 e. The maximum absolute atomic E-state index is 12.2. The number of hydrogen-bond donors (Lipinski definition) is 2. The van der Waals surface area contributed by atoms with Gasteiger partial charge in [-0.25, -0.2) is 0 Å². The number of rotatable bonds is 7. The van der Waals surface area contributed by atoms with E-state index in [-0.39, 0.29) is 11.9 Å². The molecule has 1 unspecified atom stereocenters. The Bertz CT molecular complexity index is 456. The van der Waals surface area contributed by atoms with Gasteiger partial charge in [-0.15, -0.1) is 0 Å². The van der Waals surface area contributed by atoms with Crippen molar-refractivity contribution in [2.75, 3.05) is 11.9 Å². The molecule has 110 valence electrons. The monoisotopic (exact) mass is 274 g/mol. The lowest BCUT2D eigenvalue weighted by Crippen LogP contribution is -2.32. The van der Waals surface area contributed by atoms with Crippen LogP contribution < -0.4 is 10.6 Å². The van der Waals surface area contributed by atoms with Gasteiger partial charge in [-0.3, -0.25) is 4.79 Å². The molecule has 1 aromatic rings. The predicted molar refractivity (Wildman–Crippen MR) is 84.3 cm³/mol. The first-order chi connectivity index (χ1) is 9.70. The van der Waals surface area contributed by atoms with Crippen LogP contribution in [0.1, 0.15) is 61.9 Å². The SMILES string of the molecule is CCCCCCC(C)NC(=O)c1ccc2c(c1)CCN2. The van der Waals surface area contributed by atoms with Gasteiger partial charge in [0.2, 0.25) is 0 Å². The zero-order valence-electron chi connectivity index (χ0n) is 12.7. The van der Waals surface area contributed by atoms with Crippen LogP contribution in [0.4, 0.5) is 5.69 Å². The highest BCUT2D eigenvalue weighted by Gasteiger charge is 2.14. The zero-order valence-corrected chi connectivity index (χ0v) is 12.7. The van der Waals surface area contributed by atoms with Gasteiger partial charge < -0.3 is 10.6 Å². The molecule has 1 aromatic carbocycles. The average Bonchev–Trinajstić information content (AvgIpc) is 2.90. The Morgan fingerprint density at radius 1 is 1.35 bits per heavy atom. The molecule has 1 atom stereocenters. The standard InChI is InChI=1S/C17H26N2O/c1-3-4-5-6-7-13(2)19-17(20)15-8-9-16-14(12-15)10-11-18-16/h8-9,12-13,18H,3-7,10-11H2,1-2H3,(H,19,20). The molecule has 0 spiro atoms. The van der Waals surface area contributed by atoms with E-state index in [4.69, 9.17) is 0 Å². The van der Waals surface area contributed by atoms with E-state index >= 15 is 0 Å². The second-order valence-electron chi connectivity index (χ2n) is 5.77. The van der Waals surface area contributed by atoms with Crippen LogP contribution >= 0.6 is 0 Å². The highest BCUT2D eigenvalue weighted by molar-refractivity contribution is 5.95. The largest absolute Gasteiger partial charge is 0.384 e. The van der Waals surface area contributed by atoms with Crippen LogP contribution in [0.25, 0.3) is 0 Å². The maximum atomic E-state index is 12.2. The summed E-state index contributed by atoms with van der Waals surface area (Å²) in [6, 6.07) is 6.21. The molecule has 1 heterocycles. The Morgan fingerprint density at radius 2 is 2.20 bits per heavy atom. The second-order valence-corrected chi connectivity index (χ2v) is 5.77. The molecule has 1 amide bonds. The van der Waals surface area contributed by atoms with Crippen molar-refractivity contribution in [2.24, 2.45) is 0 Å². The molecule has 0 radical (unpaired) electrons. The predicted octanol–water partition coefficient (Wildman–Crippen LogP) is 3.74. The number of anilines is 1. The first-order valence-electron chi connectivity index (χ1n) is 7.88. The van der Waals surface area contributed by atoms with Gasteiger partial charge in [0.25, 0.3) is 5.91 Å². The van der Waals surface area contributed by atoms with E-state index < -0.39 is 0 Å². The van der Waals surface area contributed by atoms with Crippen LogP contribution in [-0.4, -0.2) is 18.5 Å². The van der Waals surface area contributed by atoms with Crippen molar-refractivity contribution in [3.63, 3.8) is 0 Å². The third-order valence-electron chi connectivity index (χ3n) is 3.95. The van der Waals surface area contributed by atoms with E-state index in [2.05, 4.69) is 24.5 Å². The first-order valence-corrected chi connectivity index (χ1v) is 7.88. The molecule has 0 bridgehead atoms. The zero-order chi connectivity index (χ0) is 14.4. The number of amides is 1. The van der Waals surface area contributed by atoms with Crippen molar-refractivity contribution in [3.05, 3.63) is 29.3 Å². The van der Waals surface area contributed by atoms with Gasteiger partial charge in [0.1, 0.15) is 0 Å². The minimum absolute atomic E-state index is 0.0580. The first kappa shape index (κ1) is 14.9. The Balaban J connectivity index is 1.82. The number of benzene rings is 1. The Morgan fingerprint density at radius 3 is 3.00 bits per heavy atom. The van der Waals surface area contributed by atoms with Crippen LogP contribution in [0, 0.1) is 0 Å². The van der Waals surface area contributed by atoms with Crippen LogP contribution in [0.15, 0.2) is 18.2 Å². The fourth-order valence-electron chi connectivity index (χ4n) is 2.70. The molecule has 0 aliphatic carbocycles. The minimum atomic E-state index is 0.0580. The lowest BCUT2D eigenvalue weighted by atomic mass is 10.1. The van der Waals surface area contributed by atoms with Crippen molar-refractivity contribution in [3.8, 4) is 0 Å². The molecule has 2 N–H and O–H groups in total. The summed E-state index contributed by atoms with van der Waals surface area (Å²) >= 11 is 0. The summed E-state index contributed by atoms with van der Waals surface area (Å²) < 4.78 is 0. The number of fused-ring (bicyclic) bond motifs is 1. The highest BCUT2D eigenvalue weighted by Crippen LogP contribution is 2.23. The average molecular weight is 274 g/mol. The van der Waals surface area contributed by atoms with Crippen LogP contribution in [0.2, 0.25) is 0 Å². The third kappa shape index (κ3) is 3.99. The van der Waals surface area contributed by atoms with Crippen molar-refractivity contribution < 1.29 is 4.79 Å². The Hall–Kier alpha value is -1.51. The molecule has 0 saturated heterocycles. The molecule has 20 heavy (non-hydrogen) atoms. The van der Waals surface area contributed by atoms with Gasteiger partial charge in [0, 0.05) is 23.8 Å². The van der Waals surface area contributed by atoms with Crippen molar-refractivity contribution in [2.45, 2.75) is 58.4 Å². The van der Waals surface area contributed by atoms with Crippen molar-refractivity contribution in [1.82, 2.24) is 5.32 Å². The van der Waals surface area contributed by atoms with Gasteiger partial charge in [-0.1, -0.05) is 32.6 Å². The molecule has 3 nitrogen and oxygen atoms in total. The normalized spacial score (nSPS) is 14.5. The van der Waals surface area contributed by atoms with Gasteiger partial charge in [0.05, 0.1) is 0 Å². The summed E-state index contributed by atoms with van der Waals surface area (Å²) in [5.41, 5.74) is 3.22. The minimum Gasteiger partial charge on any atom is -0.384 e. The second kappa shape index (κ2) is 7.32. The van der Waals surface area contributed by atoms with Gasteiger partial charge in [-0.2, -0.15) is 0 Å². The summed E-state index contributed by atoms with van der Waals surface area (Å²) in [7, 11) is 0. The molecule has 1 aliphatic rings. The molecule has 0 saturated carbocycles. The summed E-state index contributed by atoms with van der Waals surface area (Å²) in [6.45, 7) is 5.29. The molecule has 2 rings (SSSR count). The number of hydrogen-bond acceptors (Lipinski definition) is 2. The number of nitrogens with one attached hydrogen (secondary N) is 2. The third-order valence-corrected chi connectivity index (χ3v) is 3.95. The molecule has 0 fully saturated rings. The van der Waals surface area contributed by atoms with Crippen LogP contribution in [0.3, 0.4) is 0 Å². The van der Waals surface area contributed by atoms with Crippen molar-refractivity contribution >= 4 is 11.6 Å². The van der Waals surface area contributed by atoms with Crippen molar-refractivity contribution in [1.29, 1.82) is 0 Å². The molecular weight excluding hydrogens is 248 g/mol. The van der Waals surface area contributed by atoms with E-state index in [1.54, 1.807) is 0 Å². The molecular formula is C17H26N2O. The molecule has 0 aromatic heterocycles. The lowest BCUT2D eigenvalue weighted by Gasteiger charge is -2.14. The summed E-state index contributed by atoms with van der Waals surface area (Å²) in [6.07, 6.45) is 7.09. The summed E-state index contributed by atoms with van der Waals surface area (Å²) in [5.74, 6) is 0.0580. The van der Waals surface area contributed by atoms with Gasteiger partial charge in [0.15, 0.2) is 0 Å². The summed E-state index contributed by atoms with van der Waals surface area (Å²) in [4.78, 5) is 12.2. The van der Waals surface area contributed by atoms with Gasteiger partial charge in [-0.05, 0) is 43.5 Å². The van der Waals surface area contributed by atoms with E-state index in [1.807, 2.05) is 18.2 Å². The van der Waals surface area contributed by atoms with Crippen LogP contribution in [-0.2, 0) is 6.42 Å². The quantitative estimate of drug-likeness (QED) is 0.744. The van der Waals surface area contributed by atoms with Crippen LogP contribution in [0.5, 0.6) is 0 Å². The molecule has 1 aliphatic heterocycles. The molecule has 3 heteroatoms. The Kier molecular flexibility index (Phi) is 5.45. The van der Waals surface area contributed by atoms with E-state index in [9.17, 15) is 4.79 Å². The fraction of sp³-hybridized carbons (Fsp3) is 0.588. The van der Waals surface area contributed by atoms with E-state index in [0.29, 0.717) is 0 Å². The van der Waals surface area contributed by atoms with E-state index in [0.717, 1.165) is 24.9 Å². The van der Waals surface area contributed by atoms with E-state index in [1.165, 1.54) is 36.9 Å². The fourth-order valence-corrected chi connectivity index (χ4v) is 2.70. The Labute approximate surface area is 122 Å². The smallest absolute Gasteiger partial charge is 0.251 e. The number of carbonyl (C=O) groups excluding carboxylic acids is 1. The number of carbonyl (C=O) groups is 1. The number of unbranched alkanes of at least 4 members (excludes halogenated alkanes) is 3. The lowest BCUT2D eigenvalue weighted by molar-refractivity contribution is 0.0938. The summed E-state index contributed by atoms with van der Waals surface area (Å²) in [5, 5.41) is 6.42.